The van der Waals surface area contributed by atoms with E-state index in [2.05, 4.69) is 119 Å². The Morgan fingerprint density at radius 2 is 0.769 bits per heavy atom. The van der Waals surface area contributed by atoms with Crippen molar-refractivity contribution in [2.75, 3.05) is 0 Å². The second-order valence-corrected chi connectivity index (χ2v) is 17.3. The van der Waals surface area contributed by atoms with Gasteiger partial charge in [-0.3, -0.25) is 0 Å². The van der Waals surface area contributed by atoms with Crippen molar-refractivity contribution < 1.29 is 0 Å². The summed E-state index contributed by atoms with van der Waals surface area (Å²) in [6.45, 7) is 9.20. The van der Waals surface area contributed by atoms with E-state index in [4.69, 9.17) is 0 Å². The molecule has 0 saturated carbocycles. The summed E-state index contributed by atoms with van der Waals surface area (Å²) in [5, 5.41) is 0. The topological polar surface area (TPSA) is 0 Å². The van der Waals surface area contributed by atoms with Gasteiger partial charge in [0.05, 0.1) is 0 Å². The molecular weight excluding hydrogens is 435 g/mol. The monoisotopic (exact) mass is 466 g/mol. The Bertz CT molecular complexity index is 624. The van der Waals surface area contributed by atoms with Gasteiger partial charge in [0.1, 0.15) is 0 Å². The minimum absolute atomic E-state index is 0.713. The third kappa shape index (κ3) is 7.12. The van der Waals surface area contributed by atoms with Gasteiger partial charge < -0.3 is 0 Å². The molecule has 0 N–H and O–H groups in total. The molecule has 2 radical (unpaired) electrons. The van der Waals surface area contributed by atoms with E-state index in [1.165, 1.54) is 10.7 Å². The first kappa shape index (κ1) is 21.0. The Morgan fingerprint density at radius 3 is 0.962 bits per heavy atom. The number of rotatable bonds is 5. The van der Waals surface area contributed by atoms with Crippen molar-refractivity contribution in [2.24, 2.45) is 0 Å². The van der Waals surface area contributed by atoms with Crippen molar-refractivity contribution in [2.45, 2.75) is 38.8 Å². The Kier molecular flexibility index (Phi) is 9.20. The minimum atomic E-state index is -1.98. The predicted molar refractivity (Wildman–Crippen MR) is 121 cm³/mol. The molecule has 0 aliphatic rings. The van der Waals surface area contributed by atoms with E-state index in [1.54, 1.807) is 0 Å². The SMILES string of the molecule is CC(C)[SiH]C(C)C.c1cc[c]([Sn]([c]2ccccc2)[c]2ccccc2)cc1. The van der Waals surface area contributed by atoms with Crippen LogP contribution in [-0.4, -0.2) is 29.3 Å². The van der Waals surface area contributed by atoms with Gasteiger partial charge in [-0.1, -0.05) is 38.8 Å². The van der Waals surface area contributed by atoms with Gasteiger partial charge in [-0.05, 0) is 0 Å². The van der Waals surface area contributed by atoms with Crippen LogP contribution in [0.3, 0.4) is 0 Å². The standard InChI is InChI=1S/C6H15Si.3C6H5.Sn/c1-5(2)7-6(3)4;3*1-2-4-6-5-3-1;/h5-7H,1-4H3;3*1-5H;. The number of hydrogen-bond acceptors (Lipinski definition) is 0. The predicted octanol–water partition coefficient (Wildman–Crippen LogP) is 4.28. The molecule has 0 bridgehead atoms. The summed E-state index contributed by atoms with van der Waals surface area (Å²) in [5.74, 6) is 0. The summed E-state index contributed by atoms with van der Waals surface area (Å²) in [5.41, 5.74) is 1.92. The van der Waals surface area contributed by atoms with E-state index in [0.717, 1.165) is 11.1 Å². The van der Waals surface area contributed by atoms with E-state index < -0.39 is 19.8 Å². The molecule has 3 rings (SSSR count). The zero-order valence-corrected chi connectivity index (χ0v) is 20.4. The van der Waals surface area contributed by atoms with Crippen LogP contribution >= 0.6 is 0 Å². The summed E-state index contributed by atoms with van der Waals surface area (Å²) < 4.78 is 4.59. The Balaban J connectivity index is 0.000000298. The van der Waals surface area contributed by atoms with Gasteiger partial charge in [-0.2, -0.15) is 0 Å². The average Bonchev–Trinajstić information content (AvgIpc) is 2.64. The molecule has 0 nitrogen and oxygen atoms in total. The van der Waals surface area contributed by atoms with E-state index in [-0.39, 0.29) is 0 Å². The molecule has 0 saturated heterocycles. The summed E-state index contributed by atoms with van der Waals surface area (Å²) in [6, 6.07) is 32.9. The normalized spacial score (nSPS) is 10.7. The van der Waals surface area contributed by atoms with Gasteiger partial charge in [0.25, 0.3) is 0 Å². The maximum absolute atomic E-state index is 2.30. The van der Waals surface area contributed by atoms with Crippen LogP contribution in [-0.2, 0) is 0 Å². The van der Waals surface area contributed by atoms with E-state index in [9.17, 15) is 0 Å². The second kappa shape index (κ2) is 11.4. The molecule has 0 spiro atoms. The van der Waals surface area contributed by atoms with Crippen LogP contribution in [0.15, 0.2) is 91.0 Å². The zero-order chi connectivity index (χ0) is 18.8. The summed E-state index contributed by atoms with van der Waals surface area (Å²) >= 11 is -1.98. The molecule has 3 aromatic carbocycles. The molecule has 0 amide bonds. The number of benzene rings is 3. The van der Waals surface area contributed by atoms with E-state index >= 15 is 0 Å². The van der Waals surface area contributed by atoms with Crippen LogP contribution in [0, 0.1) is 0 Å². The first-order chi connectivity index (χ1) is 12.6. The molecule has 26 heavy (non-hydrogen) atoms. The molecule has 3 aromatic rings. The van der Waals surface area contributed by atoms with E-state index in [1.807, 2.05) is 0 Å². The molecule has 0 atom stereocenters. The average molecular weight is 465 g/mol. The molecule has 0 fully saturated rings. The van der Waals surface area contributed by atoms with Gasteiger partial charge in [0.2, 0.25) is 0 Å². The van der Waals surface area contributed by atoms with Gasteiger partial charge in [-0.15, -0.1) is 0 Å². The van der Waals surface area contributed by atoms with Crippen molar-refractivity contribution >= 4 is 40.0 Å². The Labute approximate surface area is 169 Å². The fourth-order valence-electron chi connectivity index (χ4n) is 3.08. The van der Waals surface area contributed by atoms with Crippen LogP contribution in [0.4, 0.5) is 0 Å². The summed E-state index contributed by atoms with van der Waals surface area (Å²) in [6.07, 6.45) is 0. The molecule has 0 aliphatic carbocycles. The van der Waals surface area contributed by atoms with Crippen LogP contribution in [0.5, 0.6) is 0 Å². The quantitative estimate of drug-likeness (QED) is 0.494. The molecule has 134 valence electrons. The molecule has 0 aliphatic heterocycles. The van der Waals surface area contributed by atoms with Crippen molar-refractivity contribution in [1.82, 2.24) is 0 Å². The van der Waals surface area contributed by atoms with Crippen molar-refractivity contribution in [3.05, 3.63) is 91.0 Å². The second-order valence-electron chi connectivity index (χ2n) is 7.15. The van der Waals surface area contributed by atoms with Crippen LogP contribution in [0.2, 0.25) is 11.1 Å². The molecule has 2 heteroatoms. The first-order valence-corrected chi connectivity index (χ1v) is 15.1. The molecule has 0 heterocycles. The third-order valence-electron chi connectivity index (χ3n) is 3.96. The first-order valence-electron chi connectivity index (χ1n) is 9.46. The van der Waals surface area contributed by atoms with Gasteiger partial charge in [-0.25, -0.2) is 0 Å². The maximum atomic E-state index is 2.30. The van der Waals surface area contributed by atoms with Gasteiger partial charge >= 0.3 is 121 Å². The van der Waals surface area contributed by atoms with Gasteiger partial charge in [0.15, 0.2) is 0 Å². The van der Waals surface area contributed by atoms with E-state index in [0.29, 0.717) is 9.52 Å². The number of hydrogen-bond donors (Lipinski definition) is 0. The summed E-state index contributed by atoms with van der Waals surface area (Å²) in [4.78, 5) is 0. The van der Waals surface area contributed by atoms with Crippen LogP contribution in [0.25, 0.3) is 0 Å². The van der Waals surface area contributed by atoms with Crippen molar-refractivity contribution in [3.8, 4) is 0 Å². The van der Waals surface area contributed by atoms with Crippen molar-refractivity contribution in [1.29, 1.82) is 0 Å². The fourth-order valence-corrected chi connectivity index (χ4v) is 12.0. The van der Waals surface area contributed by atoms with Crippen molar-refractivity contribution in [3.63, 3.8) is 0 Å². The van der Waals surface area contributed by atoms with Crippen LogP contribution < -0.4 is 10.7 Å². The van der Waals surface area contributed by atoms with Gasteiger partial charge in [0, 0.05) is 9.52 Å². The summed E-state index contributed by atoms with van der Waals surface area (Å²) in [7, 11) is 0.713. The van der Waals surface area contributed by atoms with Crippen LogP contribution in [0.1, 0.15) is 27.7 Å². The fraction of sp³-hybridized carbons (Fsp3) is 0.250. The molecule has 0 aromatic heterocycles. The Morgan fingerprint density at radius 1 is 0.500 bits per heavy atom. The third-order valence-corrected chi connectivity index (χ3v) is 13.3. The molecule has 0 unspecified atom stereocenters. The molecular formula is C24H30SiSn. The Hall–Kier alpha value is -1.32. The zero-order valence-electron chi connectivity index (χ0n) is 16.4.